The first kappa shape index (κ1) is 10.9. The van der Waals surface area contributed by atoms with Crippen molar-refractivity contribution >= 4 is 32.9 Å². The Kier molecular flexibility index (Phi) is 4.72. The zero-order valence-electron chi connectivity index (χ0n) is 5.75. The molecule has 0 atom stereocenters. The number of halogens is 2. The van der Waals surface area contributed by atoms with Crippen LogP contribution in [0.15, 0.2) is 22.7 Å². The molecule has 0 unspecified atom stereocenters. The Bertz CT molecular complexity index is 220. The van der Waals surface area contributed by atoms with Crippen LogP contribution >= 0.6 is 32.9 Å². The van der Waals surface area contributed by atoms with Crippen LogP contribution in [0.1, 0.15) is 5.56 Å². The summed E-state index contributed by atoms with van der Waals surface area (Å²) in [7, 11) is 0. The average molecular weight is 283 g/mol. The molecule has 62 valence electrons. The summed E-state index contributed by atoms with van der Waals surface area (Å²) in [6.45, 7) is 0.451. The Morgan fingerprint density at radius 3 is 2.45 bits per heavy atom. The van der Waals surface area contributed by atoms with Crippen molar-refractivity contribution in [2.24, 2.45) is 5.73 Å². The fraction of sp³-hybridized carbons (Fsp3) is 0.143. The van der Waals surface area contributed by atoms with E-state index >= 15 is 0 Å². The second-order valence-corrected chi connectivity index (χ2v) is 2.94. The molecule has 0 heterocycles. The van der Waals surface area contributed by atoms with Gasteiger partial charge < -0.3 is 10.8 Å². The molecular weight excluding hydrogens is 274 g/mol. The molecule has 0 spiro atoms. The first-order chi connectivity index (χ1) is 4.72. The molecule has 1 aromatic rings. The summed E-state index contributed by atoms with van der Waals surface area (Å²) in [5.41, 5.74) is 6.28. The van der Waals surface area contributed by atoms with Gasteiger partial charge in [-0.25, -0.2) is 0 Å². The summed E-state index contributed by atoms with van der Waals surface area (Å²) in [4.78, 5) is 0. The third-order valence-corrected chi connectivity index (χ3v) is 1.64. The molecule has 0 amide bonds. The minimum atomic E-state index is 0. The molecule has 2 nitrogen and oxygen atoms in total. The van der Waals surface area contributed by atoms with Crippen molar-refractivity contribution in [2.75, 3.05) is 0 Å². The lowest BCUT2D eigenvalue weighted by Gasteiger charge is -1.98. The molecule has 0 aromatic heterocycles. The predicted molar refractivity (Wildman–Crippen MR) is 54.0 cm³/mol. The minimum absolute atomic E-state index is 0. The molecule has 0 fully saturated rings. The van der Waals surface area contributed by atoms with E-state index in [1.165, 1.54) is 0 Å². The van der Waals surface area contributed by atoms with E-state index < -0.39 is 0 Å². The highest BCUT2D eigenvalue weighted by atomic mass is 79.9. The predicted octanol–water partition coefficient (Wildman–Crippen LogP) is 2.19. The monoisotopic (exact) mass is 281 g/mol. The first-order valence-corrected chi connectivity index (χ1v) is 3.70. The topological polar surface area (TPSA) is 46.2 Å². The van der Waals surface area contributed by atoms with Gasteiger partial charge in [-0.05, 0) is 23.8 Å². The number of nitrogens with two attached hydrogens (primary N) is 1. The zero-order valence-corrected chi connectivity index (χ0v) is 9.05. The maximum absolute atomic E-state index is 9.04. The normalized spacial score (nSPS) is 8.91. The third kappa shape index (κ3) is 3.22. The van der Waals surface area contributed by atoms with E-state index in [4.69, 9.17) is 10.8 Å². The van der Waals surface area contributed by atoms with E-state index in [2.05, 4.69) is 15.9 Å². The summed E-state index contributed by atoms with van der Waals surface area (Å²) in [5, 5.41) is 9.04. The molecule has 0 radical (unpaired) electrons. The zero-order chi connectivity index (χ0) is 7.56. The van der Waals surface area contributed by atoms with E-state index in [0.717, 1.165) is 10.0 Å². The number of rotatable bonds is 1. The Labute approximate surface area is 84.3 Å². The summed E-state index contributed by atoms with van der Waals surface area (Å²) < 4.78 is 0.855. The average Bonchev–Trinajstić information content (AvgIpc) is 1.85. The van der Waals surface area contributed by atoms with Gasteiger partial charge in [-0.2, -0.15) is 0 Å². The number of hydrogen-bond donors (Lipinski definition) is 2. The lowest BCUT2D eigenvalue weighted by atomic mass is 10.2. The Hall–Kier alpha value is -0.0600. The molecule has 0 aliphatic rings. The minimum Gasteiger partial charge on any atom is -0.508 e. The fourth-order valence-electron chi connectivity index (χ4n) is 0.751. The highest BCUT2D eigenvalue weighted by Crippen LogP contribution is 2.19. The molecule has 11 heavy (non-hydrogen) atoms. The van der Waals surface area contributed by atoms with Crippen molar-refractivity contribution in [3.8, 4) is 5.75 Å². The highest BCUT2D eigenvalue weighted by molar-refractivity contribution is 9.10. The molecule has 1 aromatic carbocycles. The van der Waals surface area contributed by atoms with Crippen LogP contribution in [-0.4, -0.2) is 5.11 Å². The van der Waals surface area contributed by atoms with Crippen molar-refractivity contribution < 1.29 is 5.11 Å². The van der Waals surface area contributed by atoms with E-state index in [1.807, 2.05) is 6.07 Å². The van der Waals surface area contributed by atoms with Crippen LogP contribution < -0.4 is 5.73 Å². The van der Waals surface area contributed by atoms with Gasteiger partial charge in [0.1, 0.15) is 5.75 Å². The fourth-order valence-corrected chi connectivity index (χ4v) is 1.28. The van der Waals surface area contributed by atoms with Gasteiger partial charge >= 0.3 is 0 Å². The molecule has 4 heteroatoms. The molecule has 0 aliphatic carbocycles. The van der Waals surface area contributed by atoms with Crippen LogP contribution in [0.2, 0.25) is 0 Å². The third-order valence-electron chi connectivity index (χ3n) is 1.18. The van der Waals surface area contributed by atoms with Crippen molar-refractivity contribution in [3.63, 3.8) is 0 Å². The van der Waals surface area contributed by atoms with Crippen LogP contribution in [0, 0.1) is 0 Å². The number of hydrogen-bond acceptors (Lipinski definition) is 2. The van der Waals surface area contributed by atoms with E-state index in [9.17, 15) is 0 Å². The van der Waals surface area contributed by atoms with Gasteiger partial charge in [0.15, 0.2) is 0 Å². The summed E-state index contributed by atoms with van der Waals surface area (Å²) >= 11 is 3.24. The van der Waals surface area contributed by atoms with Crippen LogP contribution in [0.5, 0.6) is 5.75 Å². The van der Waals surface area contributed by atoms with Crippen LogP contribution in [0.4, 0.5) is 0 Å². The largest absolute Gasteiger partial charge is 0.508 e. The Balaban J connectivity index is 0.000001000. The van der Waals surface area contributed by atoms with Gasteiger partial charge in [0.2, 0.25) is 0 Å². The Morgan fingerprint density at radius 2 is 2.00 bits per heavy atom. The van der Waals surface area contributed by atoms with Crippen molar-refractivity contribution in [1.82, 2.24) is 0 Å². The smallest absolute Gasteiger partial charge is 0.117 e. The number of benzene rings is 1. The van der Waals surface area contributed by atoms with Crippen LogP contribution in [0.3, 0.4) is 0 Å². The number of phenolic OH excluding ortho intramolecular Hbond substituents is 1. The number of aromatic hydroxyl groups is 1. The molecule has 0 saturated carbocycles. The van der Waals surface area contributed by atoms with Gasteiger partial charge in [0.25, 0.3) is 0 Å². The molecule has 0 bridgehead atoms. The molecule has 0 aliphatic heterocycles. The summed E-state index contributed by atoms with van der Waals surface area (Å²) in [6, 6.07) is 5.14. The second kappa shape index (κ2) is 4.74. The van der Waals surface area contributed by atoms with Gasteiger partial charge in [-0.1, -0.05) is 15.9 Å². The number of phenols is 1. The Morgan fingerprint density at radius 1 is 1.36 bits per heavy atom. The van der Waals surface area contributed by atoms with E-state index in [1.54, 1.807) is 12.1 Å². The second-order valence-electron chi connectivity index (χ2n) is 2.02. The van der Waals surface area contributed by atoms with Crippen molar-refractivity contribution in [1.29, 1.82) is 0 Å². The molecule has 0 saturated heterocycles. The quantitative estimate of drug-likeness (QED) is 0.829. The first-order valence-electron chi connectivity index (χ1n) is 2.91. The summed E-state index contributed by atoms with van der Waals surface area (Å²) in [6.07, 6.45) is 0. The summed E-state index contributed by atoms with van der Waals surface area (Å²) in [5.74, 6) is 0.245. The van der Waals surface area contributed by atoms with Gasteiger partial charge in [-0.15, -0.1) is 17.0 Å². The van der Waals surface area contributed by atoms with Gasteiger partial charge in [0, 0.05) is 11.0 Å². The lowest BCUT2D eigenvalue weighted by Crippen LogP contribution is -1.95. The molecule has 3 N–H and O–H groups in total. The van der Waals surface area contributed by atoms with Gasteiger partial charge in [-0.3, -0.25) is 0 Å². The SMILES string of the molecule is Br.NCc1cc(O)cc(Br)c1. The van der Waals surface area contributed by atoms with Crippen molar-refractivity contribution in [2.45, 2.75) is 6.54 Å². The standard InChI is InChI=1S/C7H8BrNO.BrH/c8-6-1-5(4-9)2-7(10)3-6;/h1-3,10H,4,9H2;1H. The highest BCUT2D eigenvalue weighted by Gasteiger charge is 1.94. The van der Waals surface area contributed by atoms with E-state index in [-0.39, 0.29) is 22.7 Å². The van der Waals surface area contributed by atoms with E-state index in [0.29, 0.717) is 6.54 Å². The van der Waals surface area contributed by atoms with Crippen LogP contribution in [-0.2, 0) is 6.54 Å². The van der Waals surface area contributed by atoms with Crippen LogP contribution in [0.25, 0.3) is 0 Å². The molecular formula is C7H9Br2NO. The maximum Gasteiger partial charge on any atom is 0.117 e. The maximum atomic E-state index is 9.04. The lowest BCUT2D eigenvalue weighted by molar-refractivity contribution is 0.474. The van der Waals surface area contributed by atoms with Crippen molar-refractivity contribution in [3.05, 3.63) is 28.2 Å². The molecule has 1 rings (SSSR count). The van der Waals surface area contributed by atoms with Gasteiger partial charge in [0.05, 0.1) is 0 Å².